The molecule has 1 saturated carbocycles. The number of cyclic esters (lactones) is 1. The molecule has 65 heavy (non-hydrogen) atoms. The Kier molecular flexibility index (Phi) is 21.0. The first-order valence-electron chi connectivity index (χ1n) is 23.9. The minimum Gasteiger partial charge on any atom is -0.460 e. The summed E-state index contributed by atoms with van der Waals surface area (Å²) < 4.78 is 29.4. The second kappa shape index (κ2) is 25.1. The van der Waals surface area contributed by atoms with E-state index in [9.17, 15) is 39.3 Å². The monoisotopic (exact) mass is 914 g/mol. The number of fused-ring (bicyclic) bond motifs is 3. The van der Waals surface area contributed by atoms with Crippen LogP contribution in [-0.4, -0.2) is 132 Å². The third kappa shape index (κ3) is 14.3. The number of hydrogen-bond donors (Lipinski definition) is 3. The highest BCUT2D eigenvalue weighted by molar-refractivity contribution is 6.39. The average molecular weight is 914 g/mol. The molecule has 2 bridgehead atoms. The van der Waals surface area contributed by atoms with Gasteiger partial charge in [0.2, 0.25) is 5.79 Å². The smallest absolute Gasteiger partial charge is 0.329 e. The van der Waals surface area contributed by atoms with Crippen LogP contribution >= 0.6 is 0 Å². The predicted octanol–water partition coefficient (Wildman–Crippen LogP) is 6.18. The van der Waals surface area contributed by atoms with E-state index < -0.39 is 83.9 Å². The number of aliphatic hydroxyl groups is 3. The Morgan fingerprint density at radius 2 is 1.58 bits per heavy atom. The van der Waals surface area contributed by atoms with E-state index in [-0.39, 0.29) is 54.8 Å². The molecule has 15 atom stereocenters. The minimum absolute atomic E-state index is 0.0220. The summed E-state index contributed by atoms with van der Waals surface area (Å²) in [5.41, 5.74) is 1.19. The maximum absolute atomic E-state index is 14.4. The summed E-state index contributed by atoms with van der Waals surface area (Å²) in [5, 5.41) is 33.9. The maximum Gasteiger partial charge on any atom is 0.329 e. The molecule has 14 nitrogen and oxygen atoms in total. The topological polar surface area (TPSA) is 195 Å². The van der Waals surface area contributed by atoms with Crippen molar-refractivity contribution >= 4 is 29.2 Å². The van der Waals surface area contributed by atoms with E-state index in [2.05, 4.69) is 0 Å². The molecule has 4 aliphatic rings. The number of amides is 1. The van der Waals surface area contributed by atoms with Crippen LogP contribution in [0.1, 0.15) is 126 Å². The molecule has 0 spiro atoms. The van der Waals surface area contributed by atoms with Crippen LogP contribution in [0.5, 0.6) is 0 Å². The zero-order chi connectivity index (χ0) is 48.2. The molecule has 12 unspecified atom stereocenters. The van der Waals surface area contributed by atoms with Crippen molar-refractivity contribution in [2.45, 2.75) is 180 Å². The highest BCUT2D eigenvalue weighted by Gasteiger charge is 2.53. The normalized spacial score (nSPS) is 37.8. The van der Waals surface area contributed by atoms with Gasteiger partial charge in [0, 0.05) is 58.5 Å². The Bertz CT molecular complexity index is 1760. The largest absolute Gasteiger partial charge is 0.460 e. The standard InChI is InChI=1S/C51H79NO13/c1-30-16-12-11-13-17-31(2)42(61-8)28-38-21-19-36(7)51(60,65-38)48(57)49(58)52-23-15-14-18-39(52)50(59)64-43(33(4)26-37-20-22-40(53)44(27-37)62-9)29-41(54)32(3)25-35(6)46(56)47(63-10)45(55)34(5)24-30/h11-13,16-17,25,30,33-40,42-44,46-47,53,56,60H,14-15,18-24,26-29H2,1-10H3/t30?,33?,34-,35?,36-,37?,38?,39+,40?,42?,43?,44?,46?,47?,51?/m1/s1. The van der Waals surface area contributed by atoms with E-state index in [1.54, 1.807) is 41.1 Å². The molecule has 14 heteroatoms. The van der Waals surface area contributed by atoms with Gasteiger partial charge in [0.25, 0.3) is 11.7 Å². The quantitative estimate of drug-likeness (QED) is 0.202. The molecule has 0 aromatic rings. The number of allylic oxidation sites excluding steroid dienone is 6. The summed E-state index contributed by atoms with van der Waals surface area (Å²) in [7, 11) is 4.53. The van der Waals surface area contributed by atoms with Crippen LogP contribution < -0.4 is 0 Å². The lowest BCUT2D eigenvalue weighted by molar-refractivity contribution is -0.265. The van der Waals surface area contributed by atoms with Crippen LogP contribution in [0, 0.1) is 35.5 Å². The van der Waals surface area contributed by atoms with E-state index >= 15 is 0 Å². The highest BCUT2D eigenvalue weighted by Crippen LogP contribution is 2.38. The van der Waals surface area contributed by atoms with Crippen LogP contribution in [0.2, 0.25) is 0 Å². The molecule has 3 fully saturated rings. The Hall–Kier alpha value is -3.37. The molecule has 1 amide bonds. The van der Waals surface area contributed by atoms with Crippen LogP contribution in [-0.2, 0) is 47.7 Å². The fourth-order valence-electron chi connectivity index (χ4n) is 10.1. The van der Waals surface area contributed by atoms with Crippen LogP contribution in [0.25, 0.3) is 0 Å². The third-order valence-corrected chi connectivity index (χ3v) is 14.5. The number of esters is 1. The van der Waals surface area contributed by atoms with Crippen LogP contribution in [0.15, 0.2) is 47.6 Å². The van der Waals surface area contributed by atoms with Crippen molar-refractivity contribution in [3.63, 3.8) is 0 Å². The molecule has 1 aliphatic carbocycles. The first-order chi connectivity index (χ1) is 30.7. The molecule has 366 valence electrons. The Balaban J connectivity index is 1.70. The van der Waals surface area contributed by atoms with E-state index in [1.807, 2.05) is 58.1 Å². The summed E-state index contributed by atoms with van der Waals surface area (Å²) in [6.07, 6.45) is 11.2. The van der Waals surface area contributed by atoms with Gasteiger partial charge in [0.1, 0.15) is 18.2 Å². The number of ketones is 3. The Labute approximate surface area is 387 Å². The summed E-state index contributed by atoms with van der Waals surface area (Å²) in [6, 6.07) is -1.14. The lowest BCUT2D eigenvalue weighted by Crippen LogP contribution is -2.61. The van der Waals surface area contributed by atoms with E-state index in [4.69, 9.17) is 23.7 Å². The van der Waals surface area contributed by atoms with Gasteiger partial charge in [-0.2, -0.15) is 0 Å². The second-order valence-corrected chi connectivity index (χ2v) is 19.6. The number of hydrogen-bond acceptors (Lipinski definition) is 13. The number of aliphatic hydroxyl groups excluding tert-OH is 2. The molecule has 3 aliphatic heterocycles. The molecule has 0 radical (unpaired) electrons. The minimum atomic E-state index is -2.43. The number of rotatable bonds is 6. The first-order valence-corrected chi connectivity index (χ1v) is 23.9. The van der Waals surface area contributed by atoms with Gasteiger partial charge in [-0.25, -0.2) is 4.79 Å². The van der Waals surface area contributed by atoms with Gasteiger partial charge in [0.05, 0.1) is 30.5 Å². The van der Waals surface area contributed by atoms with Crippen LogP contribution in [0.3, 0.4) is 0 Å². The summed E-state index contributed by atoms with van der Waals surface area (Å²) >= 11 is 0. The fourth-order valence-corrected chi connectivity index (χ4v) is 10.1. The van der Waals surface area contributed by atoms with Crippen molar-refractivity contribution in [3.8, 4) is 0 Å². The molecule has 2 saturated heterocycles. The van der Waals surface area contributed by atoms with Crippen molar-refractivity contribution < 1.29 is 63.0 Å². The van der Waals surface area contributed by atoms with Gasteiger partial charge >= 0.3 is 5.97 Å². The molecular formula is C51H79NO13. The first kappa shape index (κ1) is 54.2. The average Bonchev–Trinajstić information content (AvgIpc) is 3.28. The Morgan fingerprint density at radius 1 is 0.862 bits per heavy atom. The van der Waals surface area contributed by atoms with Gasteiger partial charge in [0.15, 0.2) is 11.6 Å². The van der Waals surface area contributed by atoms with Crippen molar-refractivity contribution in [2.24, 2.45) is 35.5 Å². The summed E-state index contributed by atoms with van der Waals surface area (Å²) in [6.45, 7) is 12.7. The molecule has 4 rings (SSSR count). The molecule has 0 aromatic carbocycles. The number of carbonyl (C=O) groups is 5. The van der Waals surface area contributed by atoms with Gasteiger partial charge in [-0.3, -0.25) is 19.2 Å². The van der Waals surface area contributed by atoms with Crippen molar-refractivity contribution in [2.75, 3.05) is 27.9 Å². The number of carbonyl (C=O) groups excluding carboxylic acids is 5. The van der Waals surface area contributed by atoms with E-state index in [1.165, 1.54) is 12.0 Å². The van der Waals surface area contributed by atoms with Crippen molar-refractivity contribution in [1.29, 1.82) is 0 Å². The summed E-state index contributed by atoms with van der Waals surface area (Å²) in [4.78, 5) is 71.7. The van der Waals surface area contributed by atoms with E-state index in [0.29, 0.717) is 63.4 Å². The van der Waals surface area contributed by atoms with Crippen molar-refractivity contribution in [3.05, 3.63) is 47.6 Å². The second-order valence-electron chi connectivity index (χ2n) is 19.6. The highest BCUT2D eigenvalue weighted by atomic mass is 16.6. The van der Waals surface area contributed by atoms with Gasteiger partial charge in [-0.05, 0) is 107 Å². The zero-order valence-corrected chi connectivity index (χ0v) is 40.6. The summed E-state index contributed by atoms with van der Waals surface area (Å²) in [5.74, 6) is -7.93. The number of ether oxygens (including phenoxy) is 5. The Morgan fingerprint density at radius 3 is 2.26 bits per heavy atom. The zero-order valence-electron chi connectivity index (χ0n) is 40.6. The lowest BCUT2D eigenvalue weighted by atomic mass is 9.78. The number of methoxy groups -OCH3 is 3. The molecular weight excluding hydrogens is 835 g/mol. The molecule has 3 N–H and O–H groups in total. The SMILES string of the molecule is COC1CC2CC[C@@H](C)C(O)(O2)C(=O)C(=O)N2CCCC[C@H]2C(=O)OC(C(C)CC2CCC(O)C(OC)C2)CC(=O)C(C)=CC(C)C(O)C(OC)C(=O)[C@H](C)CC(C)C=CC=CC=C1C. The van der Waals surface area contributed by atoms with Gasteiger partial charge in [-0.1, -0.05) is 71.1 Å². The fraction of sp³-hybridized carbons (Fsp3) is 0.745. The van der Waals surface area contributed by atoms with Gasteiger partial charge in [-0.15, -0.1) is 0 Å². The number of Topliss-reactive ketones (excluding diaryl/α,β-unsaturated/α-hetero) is 3. The lowest BCUT2D eigenvalue weighted by Gasteiger charge is -2.42. The maximum atomic E-state index is 14.4. The molecule has 0 aromatic heterocycles. The number of nitrogens with zero attached hydrogens (tertiary/aromatic N) is 1. The van der Waals surface area contributed by atoms with Gasteiger partial charge < -0.3 is 43.9 Å². The molecule has 3 heterocycles. The van der Waals surface area contributed by atoms with Crippen LogP contribution in [0.4, 0.5) is 0 Å². The number of piperidine rings is 1. The van der Waals surface area contributed by atoms with Crippen molar-refractivity contribution in [1.82, 2.24) is 4.90 Å². The van der Waals surface area contributed by atoms with E-state index in [0.717, 1.165) is 12.0 Å². The third-order valence-electron chi connectivity index (χ3n) is 14.5. The predicted molar refractivity (Wildman–Crippen MR) is 245 cm³/mol.